The van der Waals surface area contributed by atoms with Crippen LogP contribution in [0.3, 0.4) is 0 Å². The molecule has 6 heteroatoms. The van der Waals surface area contributed by atoms with Crippen molar-refractivity contribution in [1.82, 2.24) is 4.90 Å². The number of urea groups is 1. The van der Waals surface area contributed by atoms with Crippen molar-refractivity contribution in [3.63, 3.8) is 0 Å². The van der Waals surface area contributed by atoms with E-state index in [0.717, 1.165) is 62.4 Å². The Morgan fingerprint density at radius 2 is 1.46 bits per heavy atom. The van der Waals surface area contributed by atoms with Crippen LogP contribution in [0.1, 0.15) is 46.3 Å². The number of amides is 3. The summed E-state index contributed by atoms with van der Waals surface area (Å²) < 4.78 is 0. The van der Waals surface area contributed by atoms with Crippen LogP contribution in [0.25, 0.3) is 0 Å². The monoisotopic (exact) mass is 468 g/mol. The lowest BCUT2D eigenvalue weighted by molar-refractivity contribution is 0.0725. The van der Waals surface area contributed by atoms with Crippen molar-refractivity contribution in [3.05, 3.63) is 89.0 Å². The average molecular weight is 469 g/mol. The van der Waals surface area contributed by atoms with Gasteiger partial charge in [-0.05, 0) is 74.1 Å². The van der Waals surface area contributed by atoms with E-state index in [1.54, 1.807) is 0 Å². The normalized spacial score (nSPS) is 15.3. The van der Waals surface area contributed by atoms with E-state index in [1.807, 2.05) is 54.3 Å². The second kappa shape index (κ2) is 10.2. The summed E-state index contributed by atoms with van der Waals surface area (Å²) in [5, 5.41) is 5.77. The lowest BCUT2D eigenvalue weighted by Gasteiger charge is -2.34. The van der Waals surface area contributed by atoms with Gasteiger partial charge in [-0.1, -0.05) is 42.0 Å². The van der Waals surface area contributed by atoms with Crippen LogP contribution in [0.4, 0.5) is 21.9 Å². The molecule has 0 radical (unpaired) electrons. The number of benzene rings is 3. The first-order valence-electron chi connectivity index (χ1n) is 12.5. The summed E-state index contributed by atoms with van der Waals surface area (Å²) >= 11 is 0. The van der Waals surface area contributed by atoms with E-state index in [-0.39, 0.29) is 11.9 Å². The zero-order valence-corrected chi connectivity index (χ0v) is 20.2. The lowest BCUT2D eigenvalue weighted by Crippen LogP contribution is -2.38. The van der Waals surface area contributed by atoms with Gasteiger partial charge in [-0.15, -0.1) is 0 Å². The minimum Gasteiger partial charge on any atom is -0.366 e. The van der Waals surface area contributed by atoms with E-state index in [9.17, 15) is 9.59 Å². The summed E-state index contributed by atoms with van der Waals surface area (Å²) in [5.41, 5.74) is 6.72. The number of rotatable bonds is 4. The Labute approximate surface area is 206 Å². The van der Waals surface area contributed by atoms with Crippen molar-refractivity contribution >= 4 is 29.0 Å². The molecule has 35 heavy (non-hydrogen) atoms. The summed E-state index contributed by atoms with van der Waals surface area (Å²) in [6, 6.07) is 21.5. The van der Waals surface area contributed by atoms with Gasteiger partial charge in [0.2, 0.25) is 0 Å². The number of hydrogen-bond acceptors (Lipinski definition) is 3. The second-order valence-corrected chi connectivity index (χ2v) is 9.47. The molecule has 0 bridgehead atoms. The molecule has 1 saturated heterocycles. The van der Waals surface area contributed by atoms with Gasteiger partial charge in [-0.2, -0.15) is 0 Å². The topological polar surface area (TPSA) is 64.7 Å². The van der Waals surface area contributed by atoms with Crippen LogP contribution in [0.5, 0.6) is 0 Å². The van der Waals surface area contributed by atoms with Crippen LogP contribution in [0, 0.1) is 6.92 Å². The van der Waals surface area contributed by atoms with Crippen LogP contribution in [-0.2, 0) is 13.0 Å². The van der Waals surface area contributed by atoms with Gasteiger partial charge in [0.1, 0.15) is 0 Å². The van der Waals surface area contributed by atoms with Crippen molar-refractivity contribution < 1.29 is 9.59 Å². The van der Waals surface area contributed by atoms with E-state index in [2.05, 4.69) is 39.8 Å². The number of carbonyl (C=O) groups excluding carboxylic acids is 2. The number of anilines is 3. The summed E-state index contributed by atoms with van der Waals surface area (Å²) in [5.74, 6) is 0.0427. The fourth-order valence-corrected chi connectivity index (χ4v) is 4.96. The van der Waals surface area contributed by atoms with Crippen molar-refractivity contribution in [2.75, 3.05) is 35.2 Å². The van der Waals surface area contributed by atoms with E-state index in [4.69, 9.17) is 0 Å². The Hall–Kier alpha value is -3.80. The summed E-state index contributed by atoms with van der Waals surface area (Å²) in [7, 11) is 0. The highest BCUT2D eigenvalue weighted by molar-refractivity contribution is 6.04. The van der Waals surface area contributed by atoms with Gasteiger partial charge < -0.3 is 20.4 Å². The molecule has 2 N–H and O–H groups in total. The Morgan fingerprint density at radius 3 is 2.23 bits per heavy atom. The van der Waals surface area contributed by atoms with Crippen molar-refractivity contribution in [2.24, 2.45) is 0 Å². The molecule has 5 rings (SSSR count). The molecule has 3 aromatic rings. The summed E-state index contributed by atoms with van der Waals surface area (Å²) in [6.07, 6.45) is 4.19. The van der Waals surface area contributed by atoms with Crippen LogP contribution in [0.2, 0.25) is 0 Å². The van der Waals surface area contributed by atoms with Crippen molar-refractivity contribution in [3.8, 4) is 0 Å². The average Bonchev–Trinajstić information content (AvgIpc) is 2.90. The number of carbonyl (C=O) groups is 2. The lowest BCUT2D eigenvalue weighted by atomic mass is 9.98. The molecule has 0 atom stereocenters. The Balaban J connectivity index is 1.40. The highest BCUT2D eigenvalue weighted by Crippen LogP contribution is 2.31. The van der Waals surface area contributed by atoms with Gasteiger partial charge in [0.25, 0.3) is 5.91 Å². The van der Waals surface area contributed by atoms with Gasteiger partial charge in [-0.3, -0.25) is 4.79 Å². The van der Waals surface area contributed by atoms with Gasteiger partial charge in [0, 0.05) is 43.2 Å². The molecule has 6 nitrogen and oxygen atoms in total. The molecule has 2 heterocycles. The molecule has 0 aliphatic carbocycles. The number of aryl methyl sites for hydroxylation is 1. The Morgan fingerprint density at radius 1 is 0.771 bits per heavy atom. The quantitative estimate of drug-likeness (QED) is 0.507. The maximum Gasteiger partial charge on any atom is 0.323 e. The molecule has 0 unspecified atom stereocenters. The molecule has 0 spiro atoms. The molecule has 0 aromatic heterocycles. The van der Waals surface area contributed by atoms with Gasteiger partial charge in [0.15, 0.2) is 0 Å². The fraction of sp³-hybridized carbons (Fsp3) is 0.310. The van der Waals surface area contributed by atoms with Crippen LogP contribution in [-0.4, -0.2) is 36.5 Å². The molecule has 180 valence electrons. The highest BCUT2D eigenvalue weighted by atomic mass is 16.2. The number of hydrogen-bond donors (Lipinski definition) is 2. The smallest absolute Gasteiger partial charge is 0.323 e. The molecule has 3 amide bonds. The molecular weight excluding hydrogens is 436 g/mol. The number of fused-ring (bicyclic) bond motifs is 1. The zero-order chi connectivity index (χ0) is 24.2. The third-order valence-electron chi connectivity index (χ3n) is 6.91. The third-order valence-corrected chi connectivity index (χ3v) is 6.91. The largest absolute Gasteiger partial charge is 0.366 e. The molecule has 3 aromatic carbocycles. The number of nitrogens with zero attached hydrogens (tertiary/aromatic N) is 2. The van der Waals surface area contributed by atoms with Gasteiger partial charge in [0.05, 0.1) is 5.56 Å². The third kappa shape index (κ3) is 5.32. The number of likely N-dealkylation sites (tertiary alicyclic amines) is 1. The van der Waals surface area contributed by atoms with Crippen molar-refractivity contribution in [2.45, 2.75) is 39.2 Å². The van der Waals surface area contributed by atoms with E-state index in [1.165, 1.54) is 17.5 Å². The second-order valence-electron chi connectivity index (χ2n) is 9.47. The number of nitrogens with one attached hydrogen (secondary N) is 2. The van der Waals surface area contributed by atoms with Crippen LogP contribution < -0.4 is 15.5 Å². The first-order chi connectivity index (χ1) is 17.1. The van der Waals surface area contributed by atoms with Crippen LogP contribution in [0.15, 0.2) is 66.7 Å². The maximum absolute atomic E-state index is 13.6. The Bertz CT molecular complexity index is 1220. The zero-order valence-electron chi connectivity index (χ0n) is 20.2. The fourth-order valence-electron chi connectivity index (χ4n) is 4.96. The van der Waals surface area contributed by atoms with E-state index in [0.29, 0.717) is 11.3 Å². The number of piperidine rings is 1. The van der Waals surface area contributed by atoms with Gasteiger partial charge in [-0.25, -0.2) is 4.79 Å². The first kappa shape index (κ1) is 23.0. The highest BCUT2D eigenvalue weighted by Gasteiger charge is 2.25. The minimum absolute atomic E-state index is 0.0427. The first-order valence-corrected chi connectivity index (χ1v) is 12.5. The molecule has 2 aliphatic rings. The molecular formula is C29H32N4O2. The van der Waals surface area contributed by atoms with E-state index < -0.39 is 0 Å². The predicted molar refractivity (Wildman–Crippen MR) is 141 cm³/mol. The maximum atomic E-state index is 13.6. The standard InChI is InChI=1S/C29H32N4O2/c1-21-9-11-24(12-10-21)30-29(35)31-25-13-14-27(26(19-25)28(34)32-16-5-2-6-17-32)33-18-15-22-7-3-4-8-23(22)20-33/h3-4,7-14,19H,2,5-6,15-18,20H2,1H3,(H2,30,31,35). The Kier molecular flexibility index (Phi) is 6.70. The molecule has 0 saturated carbocycles. The van der Waals surface area contributed by atoms with Crippen LogP contribution >= 0.6 is 0 Å². The van der Waals surface area contributed by atoms with E-state index >= 15 is 0 Å². The SMILES string of the molecule is Cc1ccc(NC(=O)Nc2ccc(N3CCc4ccccc4C3)c(C(=O)N3CCCCC3)c2)cc1. The van der Waals surface area contributed by atoms with Gasteiger partial charge >= 0.3 is 6.03 Å². The molecule has 2 aliphatic heterocycles. The minimum atomic E-state index is -0.329. The summed E-state index contributed by atoms with van der Waals surface area (Å²) in [6.45, 7) is 5.21. The van der Waals surface area contributed by atoms with Crippen molar-refractivity contribution in [1.29, 1.82) is 0 Å². The molecule has 1 fully saturated rings. The predicted octanol–water partition coefficient (Wildman–Crippen LogP) is 5.83. The summed E-state index contributed by atoms with van der Waals surface area (Å²) in [4.78, 5) is 30.5.